The predicted octanol–water partition coefficient (Wildman–Crippen LogP) is 7.22. The molecule has 0 saturated carbocycles. The van der Waals surface area contributed by atoms with Gasteiger partial charge in [0.2, 0.25) is 17.7 Å². The zero-order chi connectivity index (χ0) is 30.7. The van der Waals surface area contributed by atoms with Gasteiger partial charge in [0.05, 0.1) is 5.25 Å². The molecule has 234 valence electrons. The van der Waals surface area contributed by atoms with Gasteiger partial charge in [-0.2, -0.15) is 0 Å². The van der Waals surface area contributed by atoms with Crippen LogP contribution in [-0.4, -0.2) is 59.8 Å². The summed E-state index contributed by atoms with van der Waals surface area (Å²) >= 11 is 1.48. The van der Waals surface area contributed by atoms with Gasteiger partial charge >= 0.3 is 0 Å². The summed E-state index contributed by atoms with van der Waals surface area (Å²) in [5.74, 6) is 0.486. The van der Waals surface area contributed by atoms with E-state index < -0.39 is 0 Å². The minimum absolute atomic E-state index is 0.0136. The van der Waals surface area contributed by atoms with Crippen LogP contribution in [0.5, 0.6) is 0 Å². The van der Waals surface area contributed by atoms with Crippen molar-refractivity contribution in [2.24, 2.45) is 0 Å². The first-order valence-corrected chi connectivity index (χ1v) is 16.8. The quantitative estimate of drug-likeness (QED) is 0.0698. The van der Waals surface area contributed by atoms with E-state index in [2.05, 4.69) is 90.5 Å². The van der Waals surface area contributed by atoms with Crippen molar-refractivity contribution in [1.29, 1.82) is 0 Å². The maximum absolute atomic E-state index is 12.6. The fourth-order valence-electron chi connectivity index (χ4n) is 4.27. The number of carbonyl (C=O) groups is 3. The van der Waals surface area contributed by atoms with Gasteiger partial charge in [0.1, 0.15) is 0 Å². The standard InChI is InChI=1S/C35H55N3O3S/c1-4-5-6-7-8-9-10-11-12-13-14-15-16-17-18-19-20-21-23-26-33(39)37-31(2)30-42-32-29-34(40)38(35(32)41)28-25-22-24-27-36-3/h5-6,8-9,11-12,14-15,17-18,20-21,31-32,36H,4,7,10,13,16,19,22-30H2,1-3H3,(H,37,39)/b6-5-,9-8-,12-11-,15-14-,18-17-,21-20-/t31-,32?/m0/s1. The van der Waals surface area contributed by atoms with E-state index in [0.717, 1.165) is 64.3 Å². The second kappa shape index (κ2) is 26.0. The highest BCUT2D eigenvalue weighted by atomic mass is 32.2. The van der Waals surface area contributed by atoms with Crippen molar-refractivity contribution < 1.29 is 14.4 Å². The first-order chi connectivity index (χ1) is 20.5. The molecule has 2 N–H and O–H groups in total. The number of nitrogens with one attached hydrogen (secondary N) is 2. The SMILES string of the molecule is CC/C=C\C/C=C\C/C=C\C/C=C\C/C=C\C/C=C\CCC(=O)N[C@@H](C)CSC1CC(=O)N(CCCCCNC)C1=O. The molecule has 1 aliphatic rings. The monoisotopic (exact) mass is 597 g/mol. The maximum atomic E-state index is 12.6. The van der Waals surface area contributed by atoms with Crippen LogP contribution in [0, 0.1) is 0 Å². The fourth-order valence-corrected chi connectivity index (χ4v) is 5.40. The Bertz CT molecular complexity index is 936. The third kappa shape index (κ3) is 19.5. The van der Waals surface area contributed by atoms with Gasteiger partial charge in [-0.25, -0.2) is 0 Å². The Balaban J connectivity index is 2.09. The fraction of sp³-hybridized carbons (Fsp3) is 0.571. The summed E-state index contributed by atoms with van der Waals surface area (Å²) in [7, 11) is 1.92. The number of carbonyl (C=O) groups excluding carboxylic acids is 3. The van der Waals surface area contributed by atoms with Crippen LogP contribution in [-0.2, 0) is 14.4 Å². The summed E-state index contributed by atoms with van der Waals surface area (Å²) in [5, 5.41) is 5.79. The first-order valence-electron chi connectivity index (χ1n) is 15.8. The number of rotatable bonds is 24. The summed E-state index contributed by atoms with van der Waals surface area (Å²) in [6.45, 7) is 5.56. The topological polar surface area (TPSA) is 78.5 Å². The minimum Gasteiger partial charge on any atom is -0.353 e. The molecule has 6 nitrogen and oxygen atoms in total. The number of allylic oxidation sites excluding steroid dienone is 12. The second-order valence-corrected chi connectivity index (χ2v) is 11.7. The summed E-state index contributed by atoms with van der Waals surface area (Å²) in [5.41, 5.74) is 0. The lowest BCUT2D eigenvalue weighted by Gasteiger charge is -2.17. The van der Waals surface area contributed by atoms with Gasteiger partial charge in [-0.3, -0.25) is 19.3 Å². The van der Waals surface area contributed by atoms with E-state index in [4.69, 9.17) is 0 Å². The van der Waals surface area contributed by atoms with Crippen LogP contribution >= 0.6 is 11.8 Å². The smallest absolute Gasteiger partial charge is 0.242 e. The average molecular weight is 598 g/mol. The molecule has 7 heteroatoms. The normalized spacial score (nSPS) is 17.1. The van der Waals surface area contributed by atoms with E-state index in [0.29, 0.717) is 25.1 Å². The van der Waals surface area contributed by atoms with Gasteiger partial charge < -0.3 is 10.6 Å². The molecule has 2 atom stereocenters. The Hall–Kier alpha value is -2.64. The molecule has 0 aromatic carbocycles. The molecular weight excluding hydrogens is 542 g/mol. The zero-order valence-corrected chi connectivity index (χ0v) is 27.1. The van der Waals surface area contributed by atoms with Crippen LogP contribution < -0.4 is 10.6 Å². The van der Waals surface area contributed by atoms with Gasteiger partial charge in [0.15, 0.2) is 0 Å². The molecule has 0 bridgehead atoms. The maximum Gasteiger partial charge on any atom is 0.242 e. The van der Waals surface area contributed by atoms with Crippen LogP contribution in [0.2, 0.25) is 0 Å². The molecule has 1 aliphatic heterocycles. The van der Waals surface area contributed by atoms with Crippen LogP contribution in [0.3, 0.4) is 0 Å². The largest absolute Gasteiger partial charge is 0.353 e. The molecule has 3 amide bonds. The summed E-state index contributed by atoms with van der Waals surface area (Å²) in [6, 6.07) is -0.0497. The molecule has 1 heterocycles. The van der Waals surface area contributed by atoms with E-state index in [1.165, 1.54) is 16.7 Å². The predicted molar refractivity (Wildman–Crippen MR) is 180 cm³/mol. The molecule has 0 aromatic heterocycles. The Labute approximate surface area is 259 Å². The molecule has 1 saturated heterocycles. The number of nitrogens with zero attached hydrogens (tertiary/aromatic N) is 1. The number of thioether (sulfide) groups is 1. The van der Waals surface area contributed by atoms with E-state index in [-0.39, 0.29) is 35.4 Å². The van der Waals surface area contributed by atoms with Crippen molar-refractivity contribution in [3.05, 3.63) is 72.9 Å². The Morgan fingerprint density at radius 1 is 0.857 bits per heavy atom. The number of hydrogen-bond acceptors (Lipinski definition) is 5. The van der Waals surface area contributed by atoms with Crippen molar-refractivity contribution >= 4 is 29.5 Å². The molecule has 1 unspecified atom stereocenters. The molecular formula is C35H55N3O3S. The van der Waals surface area contributed by atoms with Gasteiger partial charge in [-0.15, -0.1) is 11.8 Å². The van der Waals surface area contributed by atoms with Crippen molar-refractivity contribution in [1.82, 2.24) is 15.5 Å². The number of imide groups is 1. The summed E-state index contributed by atoms with van der Waals surface area (Å²) < 4.78 is 0. The molecule has 42 heavy (non-hydrogen) atoms. The lowest BCUT2D eigenvalue weighted by Crippen LogP contribution is -2.35. The number of likely N-dealkylation sites (tertiary alicyclic amines) is 1. The second-order valence-electron chi connectivity index (χ2n) is 10.5. The molecule has 1 fully saturated rings. The van der Waals surface area contributed by atoms with Crippen LogP contribution in [0.1, 0.15) is 90.9 Å². The third-order valence-electron chi connectivity index (χ3n) is 6.60. The lowest BCUT2D eigenvalue weighted by atomic mass is 10.2. The Morgan fingerprint density at radius 3 is 1.95 bits per heavy atom. The van der Waals surface area contributed by atoms with E-state index >= 15 is 0 Å². The van der Waals surface area contributed by atoms with Gasteiger partial charge in [-0.05, 0) is 78.3 Å². The highest BCUT2D eigenvalue weighted by Gasteiger charge is 2.38. The molecule has 0 radical (unpaired) electrons. The summed E-state index contributed by atoms with van der Waals surface area (Å²) in [6.07, 6.45) is 36.2. The molecule has 1 rings (SSSR count). The number of hydrogen-bond donors (Lipinski definition) is 2. The van der Waals surface area contributed by atoms with Gasteiger partial charge in [-0.1, -0.05) is 86.3 Å². The highest BCUT2D eigenvalue weighted by molar-refractivity contribution is 8.00. The Kier molecular flexibility index (Phi) is 23.2. The minimum atomic E-state index is -0.326. The first kappa shape index (κ1) is 37.4. The average Bonchev–Trinajstić information content (AvgIpc) is 3.24. The van der Waals surface area contributed by atoms with Gasteiger partial charge in [0, 0.05) is 31.2 Å². The van der Waals surface area contributed by atoms with Crippen LogP contribution in [0.15, 0.2) is 72.9 Å². The van der Waals surface area contributed by atoms with E-state index in [1.54, 1.807) is 0 Å². The number of unbranched alkanes of at least 4 members (excludes halogenated alkanes) is 2. The van der Waals surface area contributed by atoms with Crippen molar-refractivity contribution in [3.63, 3.8) is 0 Å². The van der Waals surface area contributed by atoms with Crippen LogP contribution in [0.4, 0.5) is 0 Å². The Morgan fingerprint density at radius 2 is 1.40 bits per heavy atom. The van der Waals surface area contributed by atoms with Crippen molar-refractivity contribution in [2.45, 2.75) is 102 Å². The van der Waals surface area contributed by atoms with Crippen molar-refractivity contribution in [2.75, 3.05) is 25.9 Å². The lowest BCUT2D eigenvalue weighted by molar-refractivity contribution is -0.138. The van der Waals surface area contributed by atoms with Crippen LogP contribution in [0.25, 0.3) is 0 Å². The zero-order valence-electron chi connectivity index (χ0n) is 26.3. The highest BCUT2D eigenvalue weighted by Crippen LogP contribution is 2.26. The van der Waals surface area contributed by atoms with E-state index in [1.807, 2.05) is 14.0 Å². The van der Waals surface area contributed by atoms with Crippen molar-refractivity contribution in [3.8, 4) is 0 Å². The number of amides is 3. The summed E-state index contributed by atoms with van der Waals surface area (Å²) in [4.78, 5) is 38.6. The van der Waals surface area contributed by atoms with Gasteiger partial charge in [0.25, 0.3) is 0 Å². The van der Waals surface area contributed by atoms with E-state index in [9.17, 15) is 14.4 Å². The molecule has 0 aliphatic carbocycles. The molecule has 0 aromatic rings. The third-order valence-corrected chi connectivity index (χ3v) is 8.06. The molecule has 0 spiro atoms.